The van der Waals surface area contributed by atoms with E-state index in [4.69, 9.17) is 5.11 Å². The molecule has 84 valence electrons. The summed E-state index contributed by atoms with van der Waals surface area (Å²) in [6.45, 7) is 1.09. The van der Waals surface area contributed by atoms with Crippen LogP contribution in [0.5, 0.6) is 0 Å². The molecule has 2 N–H and O–H groups in total. The molecular formula is C10H23N2O2+. The maximum absolute atomic E-state index is 10.7. The molecule has 0 amide bonds. The largest absolute Gasteiger partial charge is 0.480 e. The summed E-state index contributed by atoms with van der Waals surface area (Å²) in [7, 11) is 8.13. The number of unbranched alkanes of at least 4 members (excludes halogenated alkanes) is 1. The second-order valence-electron chi connectivity index (χ2n) is 4.69. The number of hydrogen-bond donors (Lipinski definition) is 2. The van der Waals surface area contributed by atoms with Gasteiger partial charge in [0.15, 0.2) is 0 Å². The van der Waals surface area contributed by atoms with Crippen LogP contribution in [0.2, 0.25) is 0 Å². The van der Waals surface area contributed by atoms with Crippen molar-refractivity contribution in [3.63, 3.8) is 0 Å². The van der Waals surface area contributed by atoms with E-state index < -0.39 is 5.97 Å². The summed E-state index contributed by atoms with van der Waals surface area (Å²) in [5.74, 6) is -0.752. The van der Waals surface area contributed by atoms with Gasteiger partial charge in [0.25, 0.3) is 0 Å². The third kappa shape index (κ3) is 6.86. The molecule has 0 aromatic rings. The molecule has 0 aromatic carbocycles. The SMILES string of the molecule is CN[C@@H](CCCC[N+](C)(C)C)C(=O)O. The summed E-state index contributed by atoms with van der Waals surface area (Å²) in [5, 5.41) is 11.6. The first-order chi connectivity index (χ1) is 6.37. The number of nitrogens with one attached hydrogen (secondary N) is 1. The Morgan fingerprint density at radius 2 is 1.93 bits per heavy atom. The van der Waals surface area contributed by atoms with E-state index in [1.54, 1.807) is 7.05 Å². The zero-order valence-electron chi connectivity index (χ0n) is 9.71. The third-order valence-corrected chi connectivity index (χ3v) is 2.22. The van der Waals surface area contributed by atoms with Crippen molar-refractivity contribution in [2.75, 3.05) is 34.7 Å². The van der Waals surface area contributed by atoms with Crippen LogP contribution in [0.4, 0.5) is 0 Å². The summed E-state index contributed by atoms with van der Waals surface area (Å²) in [6, 6.07) is -0.387. The van der Waals surface area contributed by atoms with E-state index in [0.29, 0.717) is 6.42 Å². The van der Waals surface area contributed by atoms with Crippen LogP contribution in [0.15, 0.2) is 0 Å². The van der Waals surface area contributed by atoms with Crippen molar-refractivity contribution < 1.29 is 14.4 Å². The Bertz CT molecular complexity index is 175. The van der Waals surface area contributed by atoms with E-state index in [0.717, 1.165) is 23.9 Å². The Morgan fingerprint density at radius 1 is 1.36 bits per heavy atom. The van der Waals surface area contributed by atoms with E-state index >= 15 is 0 Å². The molecule has 0 fully saturated rings. The van der Waals surface area contributed by atoms with E-state index in [1.165, 1.54) is 0 Å². The van der Waals surface area contributed by atoms with Gasteiger partial charge in [0.2, 0.25) is 0 Å². The summed E-state index contributed by atoms with van der Waals surface area (Å²) in [6.07, 6.45) is 2.76. The molecule has 4 nitrogen and oxygen atoms in total. The topological polar surface area (TPSA) is 49.3 Å². The van der Waals surface area contributed by atoms with E-state index in [-0.39, 0.29) is 6.04 Å². The first-order valence-corrected chi connectivity index (χ1v) is 5.07. The van der Waals surface area contributed by atoms with Gasteiger partial charge in [0, 0.05) is 0 Å². The zero-order chi connectivity index (χ0) is 11.2. The van der Waals surface area contributed by atoms with Crippen molar-refractivity contribution in [3.8, 4) is 0 Å². The first-order valence-electron chi connectivity index (χ1n) is 5.07. The molecule has 0 saturated heterocycles. The minimum Gasteiger partial charge on any atom is -0.480 e. The predicted molar refractivity (Wildman–Crippen MR) is 57.2 cm³/mol. The van der Waals surface area contributed by atoms with Gasteiger partial charge in [-0.25, -0.2) is 0 Å². The van der Waals surface area contributed by atoms with Crippen LogP contribution in [0.3, 0.4) is 0 Å². The normalized spacial score (nSPS) is 14.0. The monoisotopic (exact) mass is 203 g/mol. The second-order valence-corrected chi connectivity index (χ2v) is 4.69. The molecule has 0 rings (SSSR count). The molecule has 1 atom stereocenters. The van der Waals surface area contributed by atoms with Crippen LogP contribution in [0, 0.1) is 0 Å². The molecular weight excluding hydrogens is 180 g/mol. The van der Waals surface area contributed by atoms with Crippen molar-refractivity contribution in [1.82, 2.24) is 5.32 Å². The lowest BCUT2D eigenvalue weighted by Crippen LogP contribution is -2.36. The number of carbonyl (C=O) groups is 1. The van der Waals surface area contributed by atoms with Crippen LogP contribution < -0.4 is 5.32 Å². The number of hydrogen-bond acceptors (Lipinski definition) is 2. The van der Waals surface area contributed by atoms with Gasteiger partial charge in [-0.05, 0) is 26.3 Å². The molecule has 0 aliphatic rings. The Kier molecular flexibility index (Phi) is 5.72. The molecule has 14 heavy (non-hydrogen) atoms. The summed E-state index contributed by atoms with van der Waals surface area (Å²) in [5.41, 5.74) is 0. The lowest BCUT2D eigenvalue weighted by molar-refractivity contribution is -0.870. The van der Waals surface area contributed by atoms with E-state index in [1.807, 2.05) is 0 Å². The maximum atomic E-state index is 10.7. The average molecular weight is 203 g/mol. The molecule has 0 saturated carbocycles. The molecule has 0 radical (unpaired) electrons. The average Bonchev–Trinajstić information content (AvgIpc) is 2.01. The number of aliphatic carboxylic acids is 1. The van der Waals surface area contributed by atoms with Crippen molar-refractivity contribution in [2.24, 2.45) is 0 Å². The number of likely N-dealkylation sites (N-methyl/N-ethyl adjacent to an activating group) is 1. The fraction of sp³-hybridized carbons (Fsp3) is 0.900. The van der Waals surface area contributed by atoms with Gasteiger partial charge in [-0.15, -0.1) is 0 Å². The highest BCUT2D eigenvalue weighted by atomic mass is 16.4. The number of rotatable bonds is 7. The van der Waals surface area contributed by atoms with Gasteiger partial charge in [0.1, 0.15) is 6.04 Å². The summed E-state index contributed by atoms with van der Waals surface area (Å²) < 4.78 is 0.942. The van der Waals surface area contributed by atoms with Crippen molar-refractivity contribution in [3.05, 3.63) is 0 Å². The third-order valence-electron chi connectivity index (χ3n) is 2.22. The summed E-state index contributed by atoms with van der Waals surface area (Å²) >= 11 is 0. The molecule has 0 spiro atoms. The number of carboxylic acid groups (broad SMARTS) is 1. The standard InChI is InChI=1S/C10H22N2O2/c1-11-9(10(13)14)7-5-6-8-12(2,3)4/h9,11H,5-8H2,1-4H3/p+1/t9-/m0/s1. The number of carboxylic acids is 1. The maximum Gasteiger partial charge on any atom is 0.320 e. The van der Waals surface area contributed by atoms with Crippen LogP contribution >= 0.6 is 0 Å². The van der Waals surface area contributed by atoms with Gasteiger partial charge >= 0.3 is 5.97 Å². The van der Waals surface area contributed by atoms with Gasteiger partial charge in [-0.2, -0.15) is 0 Å². The molecule has 0 unspecified atom stereocenters. The smallest absolute Gasteiger partial charge is 0.320 e. The second kappa shape index (κ2) is 5.98. The quantitative estimate of drug-likeness (QED) is 0.469. The van der Waals surface area contributed by atoms with E-state index in [2.05, 4.69) is 26.5 Å². The fourth-order valence-corrected chi connectivity index (χ4v) is 1.33. The highest BCUT2D eigenvalue weighted by molar-refractivity contribution is 5.73. The number of nitrogens with zero attached hydrogens (tertiary/aromatic N) is 1. The highest BCUT2D eigenvalue weighted by Crippen LogP contribution is 2.03. The lowest BCUT2D eigenvalue weighted by atomic mass is 10.1. The Hall–Kier alpha value is -0.610. The van der Waals surface area contributed by atoms with Crippen LogP contribution in [-0.4, -0.2) is 56.3 Å². The van der Waals surface area contributed by atoms with Crippen LogP contribution in [0.25, 0.3) is 0 Å². The minimum absolute atomic E-state index is 0.387. The molecule has 0 bridgehead atoms. The van der Waals surface area contributed by atoms with Crippen LogP contribution in [-0.2, 0) is 4.79 Å². The molecule has 0 aliphatic heterocycles. The molecule has 0 aromatic heterocycles. The first kappa shape index (κ1) is 13.4. The Balaban J connectivity index is 3.58. The van der Waals surface area contributed by atoms with E-state index in [9.17, 15) is 4.79 Å². The van der Waals surface area contributed by atoms with Crippen molar-refractivity contribution >= 4 is 5.97 Å². The number of quaternary nitrogens is 1. The summed E-state index contributed by atoms with van der Waals surface area (Å²) in [4.78, 5) is 10.7. The Labute approximate surface area is 86.5 Å². The van der Waals surface area contributed by atoms with Crippen molar-refractivity contribution in [2.45, 2.75) is 25.3 Å². The van der Waals surface area contributed by atoms with Gasteiger partial charge in [-0.3, -0.25) is 4.79 Å². The fourth-order valence-electron chi connectivity index (χ4n) is 1.33. The zero-order valence-corrected chi connectivity index (χ0v) is 9.71. The predicted octanol–water partition coefficient (Wildman–Crippen LogP) is 0.536. The molecule has 0 heterocycles. The van der Waals surface area contributed by atoms with Crippen molar-refractivity contribution in [1.29, 1.82) is 0 Å². The Morgan fingerprint density at radius 3 is 2.29 bits per heavy atom. The van der Waals surface area contributed by atoms with Gasteiger partial charge < -0.3 is 14.9 Å². The lowest BCUT2D eigenvalue weighted by Gasteiger charge is -2.23. The van der Waals surface area contributed by atoms with Crippen LogP contribution in [0.1, 0.15) is 19.3 Å². The van der Waals surface area contributed by atoms with Gasteiger partial charge in [0.05, 0.1) is 27.7 Å². The minimum atomic E-state index is -0.752. The molecule has 4 heteroatoms. The molecule has 0 aliphatic carbocycles. The highest BCUT2D eigenvalue weighted by Gasteiger charge is 2.14. The van der Waals surface area contributed by atoms with Gasteiger partial charge in [-0.1, -0.05) is 0 Å².